The highest BCUT2D eigenvalue weighted by molar-refractivity contribution is 7.99. The lowest BCUT2D eigenvalue weighted by atomic mass is 10.3. The van der Waals surface area contributed by atoms with Crippen LogP contribution in [0.4, 0.5) is 0 Å². The molecule has 0 aromatic carbocycles. The summed E-state index contributed by atoms with van der Waals surface area (Å²) in [6.07, 6.45) is 2.74. The summed E-state index contributed by atoms with van der Waals surface area (Å²) in [4.78, 5) is 24.3. The average Bonchev–Trinajstić information content (AvgIpc) is 2.52. The lowest BCUT2D eigenvalue weighted by molar-refractivity contribution is -0.139. The first-order chi connectivity index (χ1) is 11.4. The van der Waals surface area contributed by atoms with Crippen molar-refractivity contribution in [2.75, 3.05) is 18.6 Å². The van der Waals surface area contributed by atoms with Crippen LogP contribution >= 0.6 is 11.8 Å². The molecule has 2 rings (SSSR count). The van der Waals surface area contributed by atoms with Gasteiger partial charge in [0, 0.05) is 12.5 Å². The van der Waals surface area contributed by atoms with E-state index in [-0.39, 0.29) is 17.5 Å². The second-order valence-electron chi connectivity index (χ2n) is 4.90. The van der Waals surface area contributed by atoms with E-state index in [9.17, 15) is 13.2 Å². The van der Waals surface area contributed by atoms with Crippen molar-refractivity contribution < 1.29 is 17.9 Å². The van der Waals surface area contributed by atoms with Gasteiger partial charge in [0.1, 0.15) is 10.7 Å². The maximum absolute atomic E-state index is 11.6. The normalized spacial score (nSPS) is 11.2. The van der Waals surface area contributed by atoms with Crippen LogP contribution in [0.5, 0.6) is 0 Å². The van der Waals surface area contributed by atoms with Gasteiger partial charge in [-0.3, -0.25) is 9.78 Å². The maximum Gasteiger partial charge on any atom is 0.316 e. The lowest BCUT2D eigenvalue weighted by Gasteiger charge is -2.07. The van der Waals surface area contributed by atoms with Gasteiger partial charge in [0.15, 0.2) is 15.7 Å². The Bertz CT molecular complexity index is 811. The first-order valence-corrected chi connectivity index (χ1v) is 10.2. The van der Waals surface area contributed by atoms with Crippen LogP contribution in [0.25, 0.3) is 11.5 Å². The van der Waals surface area contributed by atoms with E-state index < -0.39 is 9.84 Å². The molecule has 9 heteroatoms. The SMILES string of the molecule is CCOC(=O)CSc1cc(CS(C)(=O)=O)nc(-c2ccccn2)n1. The molecule has 24 heavy (non-hydrogen) atoms. The molecule has 2 aromatic rings. The fraction of sp³-hybridized carbons (Fsp3) is 0.333. The van der Waals surface area contributed by atoms with Gasteiger partial charge in [-0.05, 0) is 25.1 Å². The number of rotatable bonds is 7. The summed E-state index contributed by atoms with van der Waals surface area (Å²) in [5.74, 6) is -0.152. The molecular weight excluding hydrogens is 350 g/mol. The highest BCUT2D eigenvalue weighted by Crippen LogP contribution is 2.21. The fourth-order valence-corrected chi connectivity index (χ4v) is 3.24. The standard InChI is InChI=1S/C15H17N3O4S2/c1-3-22-14(19)9-23-13-8-11(10-24(2,20)21)17-15(18-13)12-6-4-5-7-16-12/h4-8H,3,9-10H2,1-2H3. The van der Waals surface area contributed by atoms with E-state index in [1.165, 1.54) is 11.8 Å². The minimum absolute atomic E-state index is 0.0881. The molecule has 0 unspecified atom stereocenters. The minimum atomic E-state index is -3.24. The van der Waals surface area contributed by atoms with Gasteiger partial charge < -0.3 is 4.74 Å². The Labute approximate surface area is 144 Å². The monoisotopic (exact) mass is 367 g/mol. The van der Waals surface area contributed by atoms with Crippen molar-refractivity contribution in [3.63, 3.8) is 0 Å². The Hall–Kier alpha value is -2.00. The third-order valence-electron chi connectivity index (χ3n) is 2.70. The minimum Gasteiger partial charge on any atom is -0.465 e. The van der Waals surface area contributed by atoms with Crippen LogP contribution in [-0.2, 0) is 25.1 Å². The van der Waals surface area contributed by atoms with Crippen LogP contribution in [0.3, 0.4) is 0 Å². The summed E-state index contributed by atoms with van der Waals surface area (Å²) in [5.41, 5.74) is 0.894. The topological polar surface area (TPSA) is 99.1 Å². The quantitative estimate of drug-likeness (QED) is 0.414. The molecule has 0 aliphatic carbocycles. The summed E-state index contributed by atoms with van der Waals surface area (Å²) in [5, 5.41) is 0.498. The Morgan fingerprint density at radius 2 is 2.08 bits per heavy atom. The van der Waals surface area contributed by atoms with E-state index >= 15 is 0 Å². The van der Waals surface area contributed by atoms with Gasteiger partial charge in [0.2, 0.25) is 0 Å². The number of nitrogens with zero attached hydrogens (tertiary/aromatic N) is 3. The zero-order valence-corrected chi connectivity index (χ0v) is 14.9. The maximum atomic E-state index is 11.6. The molecule has 0 bridgehead atoms. The second kappa shape index (κ2) is 8.20. The van der Waals surface area contributed by atoms with Crippen molar-refractivity contribution >= 4 is 27.6 Å². The van der Waals surface area contributed by atoms with Crippen LogP contribution in [0.2, 0.25) is 0 Å². The summed E-state index contributed by atoms with van der Waals surface area (Å²) in [6.45, 7) is 2.04. The highest BCUT2D eigenvalue weighted by Gasteiger charge is 2.13. The molecule has 128 valence electrons. The molecule has 0 fully saturated rings. The third-order valence-corrected chi connectivity index (χ3v) is 4.41. The van der Waals surface area contributed by atoms with Crippen LogP contribution in [0, 0.1) is 0 Å². The van der Waals surface area contributed by atoms with Gasteiger partial charge in [-0.25, -0.2) is 18.4 Å². The Morgan fingerprint density at radius 3 is 2.71 bits per heavy atom. The van der Waals surface area contributed by atoms with Crippen molar-refractivity contribution in [3.8, 4) is 11.5 Å². The lowest BCUT2D eigenvalue weighted by Crippen LogP contribution is -2.08. The molecule has 2 heterocycles. The molecule has 0 saturated carbocycles. The zero-order valence-electron chi connectivity index (χ0n) is 13.3. The number of ether oxygens (including phenoxy) is 1. The number of carbonyl (C=O) groups is 1. The molecular formula is C15H17N3O4S2. The molecule has 0 saturated heterocycles. The fourth-order valence-electron chi connectivity index (χ4n) is 1.83. The van der Waals surface area contributed by atoms with E-state index in [0.717, 1.165) is 6.26 Å². The van der Waals surface area contributed by atoms with Gasteiger partial charge in [0.05, 0.1) is 23.8 Å². The molecule has 0 atom stereocenters. The molecule has 0 radical (unpaired) electrons. The first-order valence-electron chi connectivity index (χ1n) is 7.13. The predicted octanol–water partition coefficient (Wildman–Crippen LogP) is 1.74. The Balaban J connectivity index is 2.32. The molecule has 0 spiro atoms. The van der Waals surface area contributed by atoms with E-state index in [0.29, 0.717) is 28.8 Å². The van der Waals surface area contributed by atoms with E-state index in [1.807, 2.05) is 0 Å². The summed E-state index contributed by atoms with van der Waals surface area (Å²) in [6, 6.07) is 6.86. The van der Waals surface area contributed by atoms with Crippen LogP contribution in [0.15, 0.2) is 35.5 Å². The first kappa shape index (κ1) is 18.3. The molecule has 0 aliphatic heterocycles. The van der Waals surface area contributed by atoms with Gasteiger partial charge >= 0.3 is 5.97 Å². The number of thioether (sulfide) groups is 1. The summed E-state index contributed by atoms with van der Waals surface area (Å²) < 4.78 is 28.0. The Kier molecular flexibility index (Phi) is 6.27. The molecule has 7 nitrogen and oxygen atoms in total. The number of pyridine rings is 1. The van der Waals surface area contributed by atoms with Crippen LogP contribution < -0.4 is 0 Å². The average molecular weight is 367 g/mol. The van der Waals surface area contributed by atoms with Gasteiger partial charge in [-0.1, -0.05) is 17.8 Å². The van der Waals surface area contributed by atoms with Gasteiger partial charge in [-0.15, -0.1) is 0 Å². The van der Waals surface area contributed by atoms with Crippen LogP contribution in [-0.4, -0.2) is 48.0 Å². The molecule has 2 aromatic heterocycles. The van der Waals surface area contributed by atoms with E-state index in [2.05, 4.69) is 15.0 Å². The Morgan fingerprint density at radius 1 is 1.29 bits per heavy atom. The number of sulfone groups is 1. The van der Waals surface area contributed by atoms with Crippen LogP contribution in [0.1, 0.15) is 12.6 Å². The van der Waals surface area contributed by atoms with Gasteiger partial charge in [0.25, 0.3) is 0 Å². The summed E-state index contributed by atoms with van der Waals surface area (Å²) in [7, 11) is -3.24. The zero-order chi connectivity index (χ0) is 17.6. The molecule has 0 amide bonds. The predicted molar refractivity (Wildman–Crippen MR) is 91.2 cm³/mol. The van der Waals surface area contributed by atoms with Crippen molar-refractivity contribution in [2.45, 2.75) is 17.7 Å². The summed E-state index contributed by atoms with van der Waals surface area (Å²) >= 11 is 1.17. The van der Waals surface area contributed by atoms with E-state index in [4.69, 9.17) is 4.74 Å². The molecule has 0 N–H and O–H groups in total. The number of hydrogen-bond donors (Lipinski definition) is 0. The van der Waals surface area contributed by atoms with Crippen molar-refractivity contribution in [1.82, 2.24) is 15.0 Å². The number of aromatic nitrogens is 3. The molecule has 0 aliphatic rings. The largest absolute Gasteiger partial charge is 0.465 e. The number of carbonyl (C=O) groups excluding carboxylic acids is 1. The van der Waals surface area contributed by atoms with E-state index in [1.54, 1.807) is 37.4 Å². The second-order valence-corrected chi connectivity index (χ2v) is 8.04. The number of hydrogen-bond acceptors (Lipinski definition) is 8. The van der Waals surface area contributed by atoms with Crippen molar-refractivity contribution in [3.05, 3.63) is 36.2 Å². The van der Waals surface area contributed by atoms with Crippen molar-refractivity contribution in [1.29, 1.82) is 0 Å². The smallest absolute Gasteiger partial charge is 0.316 e. The van der Waals surface area contributed by atoms with Gasteiger partial charge in [-0.2, -0.15) is 0 Å². The van der Waals surface area contributed by atoms with Crippen molar-refractivity contribution in [2.24, 2.45) is 0 Å². The highest BCUT2D eigenvalue weighted by atomic mass is 32.2. The number of esters is 1. The third kappa shape index (κ3) is 5.89.